The van der Waals surface area contributed by atoms with Crippen LogP contribution in [0, 0.1) is 43.4 Å². The van der Waals surface area contributed by atoms with Crippen molar-refractivity contribution in [2.75, 3.05) is 13.7 Å². The third-order valence-electron chi connectivity index (χ3n) is 13.1. The number of carbonyl (C=O) groups excluding carboxylic acids is 3. The zero-order valence-electron chi connectivity index (χ0n) is 37.7. The van der Waals surface area contributed by atoms with Crippen molar-refractivity contribution in [3.05, 3.63) is 90.1 Å². The Morgan fingerprint density at radius 1 is 0.951 bits per heavy atom. The average molecular weight is 840 g/mol. The van der Waals surface area contributed by atoms with Gasteiger partial charge < -0.3 is 34.8 Å². The minimum absolute atomic E-state index is 0. The summed E-state index contributed by atoms with van der Waals surface area (Å²) in [6, 6.07) is -0.534. The fourth-order valence-electron chi connectivity index (χ4n) is 9.48. The second kappa shape index (κ2) is 20.6. The molecule has 3 aromatic rings. The topological polar surface area (TPSA) is 144 Å². The van der Waals surface area contributed by atoms with Crippen molar-refractivity contribution in [1.82, 2.24) is 20.3 Å². The Hall–Kier alpha value is -4.48. The number of ether oxygens (including phenoxy) is 2. The number of nitrogens with one attached hydrogen (secondary N) is 1. The van der Waals surface area contributed by atoms with Crippen LogP contribution in [0.4, 0.5) is 0 Å². The fourth-order valence-corrected chi connectivity index (χ4v) is 9.48. The monoisotopic (exact) mass is 839 g/mol. The number of esters is 2. The maximum atomic E-state index is 13.6. The third kappa shape index (κ3) is 9.93. The van der Waals surface area contributed by atoms with E-state index in [1.54, 1.807) is 6.08 Å². The van der Waals surface area contributed by atoms with Gasteiger partial charge in [0, 0.05) is 28.8 Å². The summed E-state index contributed by atoms with van der Waals surface area (Å²) in [6.45, 7) is 21.3. The smallest absolute Gasteiger partial charge is 0.657 e. The molecule has 1 aliphatic carbocycles. The van der Waals surface area contributed by atoms with Crippen LogP contribution < -0.4 is 41.5 Å². The maximum absolute atomic E-state index is 13.6. The molecule has 2 N–H and O–H groups in total. The Bertz CT molecular complexity index is 2460. The van der Waals surface area contributed by atoms with Crippen LogP contribution in [-0.2, 0) is 25.5 Å². The van der Waals surface area contributed by atoms with Crippen LogP contribution in [0.2, 0.25) is 0 Å². The number of allylic oxidation sites excluding steroid dienone is 2. The Balaban J connectivity index is 0.00000704. The SMILES string of the molecule is C=Cc1c2[n-]c(c1C=O)/C=C1\NC(C3=c4[n-]c(c(C)c4=C(O)[C@@H]3C(=O)OC)/C=c3\[n-]/c(c(C)c3CC)=C\2)[C@@H](CCC(=O)OC/C=C(\C)CCC[C@H](C)CCCC(C)C)[C@@H]1C.[Mg+2]. The Morgan fingerprint density at radius 2 is 1.66 bits per heavy atom. The molecule has 2 aliphatic heterocycles. The van der Waals surface area contributed by atoms with E-state index in [0.29, 0.717) is 56.7 Å². The first-order valence-corrected chi connectivity index (χ1v) is 21.8. The van der Waals surface area contributed by atoms with Crippen molar-refractivity contribution >= 4 is 76.9 Å². The van der Waals surface area contributed by atoms with Crippen LogP contribution in [0.25, 0.3) is 35.6 Å². The van der Waals surface area contributed by atoms with Crippen molar-refractivity contribution in [1.29, 1.82) is 0 Å². The molecule has 1 saturated heterocycles. The number of carbonyl (C=O) groups is 3. The van der Waals surface area contributed by atoms with Crippen molar-refractivity contribution < 1.29 is 29.0 Å². The minimum Gasteiger partial charge on any atom is -0.657 e. The maximum Gasteiger partial charge on any atom is 2.00 e. The molecule has 0 radical (unpaired) electrons. The zero-order valence-corrected chi connectivity index (χ0v) is 39.2. The quantitative estimate of drug-likeness (QED) is 0.0767. The Labute approximate surface area is 377 Å². The van der Waals surface area contributed by atoms with E-state index in [2.05, 4.69) is 53.4 Å². The normalized spacial score (nSPS) is 21.7. The van der Waals surface area contributed by atoms with E-state index in [1.165, 1.54) is 38.4 Å². The molecule has 0 aromatic carbocycles. The molecule has 3 aliphatic rings. The molecule has 0 saturated carbocycles. The molecule has 11 heteroatoms. The van der Waals surface area contributed by atoms with E-state index in [4.69, 9.17) is 24.4 Å². The molecular formula is C50H63MgN4O6-. The van der Waals surface area contributed by atoms with E-state index < -0.39 is 17.9 Å². The Morgan fingerprint density at radius 3 is 2.33 bits per heavy atom. The summed E-state index contributed by atoms with van der Waals surface area (Å²) in [5, 5.41) is 18.1. The van der Waals surface area contributed by atoms with Gasteiger partial charge in [-0.1, -0.05) is 113 Å². The molecule has 0 spiro atoms. The van der Waals surface area contributed by atoms with Crippen molar-refractivity contribution in [3.63, 3.8) is 0 Å². The molecule has 1 unspecified atom stereocenters. The van der Waals surface area contributed by atoms with Gasteiger partial charge in [-0.2, -0.15) is 0 Å². The first-order valence-electron chi connectivity index (χ1n) is 21.8. The van der Waals surface area contributed by atoms with Crippen molar-refractivity contribution in [2.45, 2.75) is 119 Å². The predicted molar refractivity (Wildman–Crippen MR) is 243 cm³/mol. The van der Waals surface area contributed by atoms with Crippen LogP contribution in [0.5, 0.6) is 0 Å². The van der Waals surface area contributed by atoms with Gasteiger partial charge in [0.15, 0.2) is 0 Å². The predicted octanol–water partition coefficient (Wildman–Crippen LogP) is 5.57. The molecule has 8 bridgehead atoms. The van der Waals surface area contributed by atoms with Crippen LogP contribution in [0.3, 0.4) is 0 Å². The number of nitrogens with zero attached hydrogens (tertiary/aromatic N) is 3. The second-order valence-corrected chi connectivity index (χ2v) is 17.6. The molecule has 322 valence electrons. The van der Waals surface area contributed by atoms with Crippen LogP contribution in [0.1, 0.15) is 143 Å². The molecule has 6 rings (SSSR count). The number of hydrogen-bond acceptors (Lipinski definition) is 7. The van der Waals surface area contributed by atoms with Crippen molar-refractivity contribution in [2.24, 2.45) is 29.6 Å². The molecule has 61 heavy (non-hydrogen) atoms. The van der Waals surface area contributed by atoms with E-state index >= 15 is 0 Å². The standard InChI is InChI=1S/C50H64N4O6.Mg/c1-11-33-30(7)37-23-41-34(12-2)36(26-55)42(52-41)24-38-31(8)35(19-20-43(56)60-22-21-29(6)18-14-17-28(5)16-13-15-27(3)4)47(53-38)45-46(50(58)59-10)49(57)44-32(9)39(54-48(44)45)25-40(33)51-37;/h12,21,23-28,31,35,46-47H,2,11,13-20,22H2,1,3-10H3,(H3,52,53,55,57);/q-2;+2/p-1/b29-21+,37-23-,40-25-;/t28-,31+,35+,46-,47?;/m1./s1. The molecule has 1 fully saturated rings. The summed E-state index contributed by atoms with van der Waals surface area (Å²) in [5.74, 6) is -1.08. The summed E-state index contributed by atoms with van der Waals surface area (Å²) < 4.78 is 11.0. The number of aldehydes is 1. The molecule has 10 nitrogen and oxygen atoms in total. The number of aliphatic hydroxyl groups excluding tert-OH is 1. The summed E-state index contributed by atoms with van der Waals surface area (Å²) >= 11 is 0. The van der Waals surface area contributed by atoms with E-state index in [9.17, 15) is 19.5 Å². The molecule has 3 aromatic heterocycles. The number of hydrogen-bond donors (Lipinski definition) is 2. The molecule has 5 atom stereocenters. The fraction of sp³-hybridized carbons (Fsp3) is 0.500. The average Bonchev–Trinajstić information content (AvgIpc) is 3.96. The van der Waals surface area contributed by atoms with Gasteiger partial charge >= 0.3 is 35.0 Å². The molecule has 5 heterocycles. The van der Waals surface area contributed by atoms with Gasteiger partial charge in [0.25, 0.3) is 0 Å². The van der Waals surface area contributed by atoms with E-state index in [1.807, 2.05) is 38.2 Å². The minimum atomic E-state index is -1.10. The summed E-state index contributed by atoms with van der Waals surface area (Å²) in [4.78, 5) is 54.8. The number of aromatic nitrogens is 3. The molecular weight excluding hydrogens is 777 g/mol. The molecule has 0 amide bonds. The van der Waals surface area contributed by atoms with Crippen LogP contribution in [0.15, 0.2) is 23.9 Å². The van der Waals surface area contributed by atoms with Crippen LogP contribution in [-0.4, -0.2) is 66.1 Å². The van der Waals surface area contributed by atoms with Gasteiger partial charge in [-0.05, 0) is 81.4 Å². The number of aliphatic hydroxyl groups is 1. The van der Waals surface area contributed by atoms with Gasteiger partial charge in [-0.25, -0.2) is 0 Å². The van der Waals surface area contributed by atoms with E-state index in [-0.39, 0.29) is 59.6 Å². The van der Waals surface area contributed by atoms with Crippen molar-refractivity contribution in [3.8, 4) is 0 Å². The van der Waals surface area contributed by atoms with Gasteiger partial charge in [-0.3, -0.25) is 14.4 Å². The van der Waals surface area contributed by atoms with Gasteiger partial charge in [0.2, 0.25) is 0 Å². The zero-order chi connectivity index (χ0) is 43.4. The first kappa shape index (κ1) is 47.6. The third-order valence-corrected chi connectivity index (χ3v) is 13.1. The van der Waals surface area contributed by atoms with Gasteiger partial charge in [-0.15, -0.1) is 33.1 Å². The second-order valence-electron chi connectivity index (χ2n) is 17.6. The summed E-state index contributed by atoms with van der Waals surface area (Å²) in [5.41, 5.74) is 8.08. The number of fused-ring (bicyclic) bond motifs is 8. The summed E-state index contributed by atoms with van der Waals surface area (Å²) in [7, 11) is 1.31. The van der Waals surface area contributed by atoms with Gasteiger partial charge in [0.1, 0.15) is 24.6 Å². The Kier molecular flexibility index (Phi) is 16.1. The largest absolute Gasteiger partial charge is 2.00 e. The summed E-state index contributed by atoms with van der Waals surface area (Å²) in [6.07, 6.45) is 18.6. The van der Waals surface area contributed by atoms with Gasteiger partial charge in [0.05, 0.1) is 13.2 Å². The van der Waals surface area contributed by atoms with Crippen LogP contribution >= 0.6 is 0 Å². The van der Waals surface area contributed by atoms with E-state index in [0.717, 1.165) is 64.6 Å². The number of rotatable bonds is 17. The number of methoxy groups -OCH3 is 1. The first-order chi connectivity index (χ1) is 28.7.